The number of sulfonamides is 1. The van der Waals surface area contributed by atoms with Gasteiger partial charge in [0.2, 0.25) is 15.9 Å². The van der Waals surface area contributed by atoms with Crippen LogP contribution in [0.25, 0.3) is 0 Å². The van der Waals surface area contributed by atoms with Crippen LogP contribution >= 0.6 is 0 Å². The monoisotopic (exact) mass is 438 g/mol. The zero-order valence-electron chi connectivity index (χ0n) is 17.0. The number of rotatable bonds is 7. The highest BCUT2D eigenvalue weighted by Crippen LogP contribution is 2.21. The van der Waals surface area contributed by atoms with Crippen molar-refractivity contribution in [1.82, 2.24) is 9.71 Å². The predicted molar refractivity (Wildman–Crippen MR) is 118 cm³/mol. The van der Waals surface area contributed by atoms with E-state index in [4.69, 9.17) is 0 Å². The van der Waals surface area contributed by atoms with Gasteiger partial charge in [0.05, 0.1) is 4.90 Å². The number of nitrogens with zero attached hydrogens (tertiary/aromatic N) is 1. The van der Waals surface area contributed by atoms with Crippen molar-refractivity contribution in [2.24, 2.45) is 0 Å². The van der Waals surface area contributed by atoms with E-state index >= 15 is 0 Å². The Balaban J connectivity index is 1.69. The normalized spacial score (nSPS) is 12.1. The Hall–Kier alpha value is -3.56. The molecule has 0 spiro atoms. The maximum atomic E-state index is 12.8. The van der Waals surface area contributed by atoms with Crippen LogP contribution in [-0.2, 0) is 14.8 Å². The van der Waals surface area contributed by atoms with E-state index in [-0.39, 0.29) is 16.7 Å². The fraction of sp³-hybridized carbons (Fsp3) is 0.136. The second-order valence-electron chi connectivity index (χ2n) is 6.86. The maximum Gasteiger partial charge on any atom is 0.255 e. The third-order valence-electron chi connectivity index (χ3n) is 4.40. The van der Waals surface area contributed by atoms with Gasteiger partial charge in [0.25, 0.3) is 5.91 Å². The number of anilines is 2. The molecule has 3 N–H and O–H groups in total. The Labute approximate surface area is 180 Å². The molecule has 0 bridgehead atoms. The number of amides is 2. The standard InChI is InChI=1S/C22H22N4O4S/c1-15(18-4-3-5-20(14-18)24-16(2)27)26-31(29,30)21-8-6-19(7-9-21)25-22(28)17-10-12-23-13-11-17/h3-15,26H,1-2H3,(H,24,27)(H,25,28)/t15-/m1/s1. The second kappa shape index (κ2) is 9.50. The van der Waals surface area contributed by atoms with Crippen LogP contribution in [0.5, 0.6) is 0 Å². The number of aromatic nitrogens is 1. The van der Waals surface area contributed by atoms with Crippen LogP contribution in [0.15, 0.2) is 78.0 Å². The number of carbonyl (C=O) groups is 2. The maximum absolute atomic E-state index is 12.8. The Morgan fingerprint density at radius 2 is 1.58 bits per heavy atom. The van der Waals surface area contributed by atoms with Crippen LogP contribution in [0.3, 0.4) is 0 Å². The lowest BCUT2D eigenvalue weighted by Crippen LogP contribution is -2.27. The molecule has 0 aliphatic carbocycles. The highest BCUT2D eigenvalue weighted by atomic mass is 32.2. The molecule has 2 aromatic carbocycles. The third kappa shape index (κ3) is 5.97. The molecule has 0 aliphatic rings. The number of benzene rings is 2. The van der Waals surface area contributed by atoms with Crippen LogP contribution in [-0.4, -0.2) is 25.2 Å². The molecule has 0 fully saturated rings. The van der Waals surface area contributed by atoms with Crippen molar-refractivity contribution in [3.05, 3.63) is 84.2 Å². The quantitative estimate of drug-likeness (QED) is 0.523. The van der Waals surface area contributed by atoms with Gasteiger partial charge in [-0.25, -0.2) is 13.1 Å². The molecule has 2 amide bonds. The minimum Gasteiger partial charge on any atom is -0.326 e. The molecule has 0 aliphatic heterocycles. The van der Waals surface area contributed by atoms with Crippen molar-refractivity contribution in [3.63, 3.8) is 0 Å². The second-order valence-corrected chi connectivity index (χ2v) is 8.58. The molecular weight excluding hydrogens is 416 g/mol. The first-order valence-electron chi connectivity index (χ1n) is 9.46. The smallest absolute Gasteiger partial charge is 0.255 e. The molecular formula is C22H22N4O4S. The Kier molecular flexibility index (Phi) is 6.78. The number of nitrogens with one attached hydrogen (secondary N) is 3. The first-order chi connectivity index (χ1) is 14.7. The Morgan fingerprint density at radius 3 is 2.23 bits per heavy atom. The average molecular weight is 439 g/mol. The van der Waals surface area contributed by atoms with Gasteiger partial charge in [0.1, 0.15) is 0 Å². The van der Waals surface area contributed by atoms with Gasteiger partial charge in [-0.05, 0) is 61.0 Å². The lowest BCUT2D eigenvalue weighted by atomic mass is 10.1. The van der Waals surface area contributed by atoms with Crippen LogP contribution in [0.2, 0.25) is 0 Å². The van der Waals surface area contributed by atoms with Gasteiger partial charge >= 0.3 is 0 Å². The third-order valence-corrected chi connectivity index (χ3v) is 5.96. The molecule has 1 aromatic heterocycles. The molecule has 0 unspecified atom stereocenters. The average Bonchev–Trinajstić information content (AvgIpc) is 2.74. The summed E-state index contributed by atoms with van der Waals surface area (Å²) in [6.45, 7) is 3.12. The zero-order chi connectivity index (χ0) is 22.4. The first kappa shape index (κ1) is 22.1. The molecule has 0 saturated carbocycles. The minimum absolute atomic E-state index is 0.0688. The molecule has 3 aromatic rings. The fourth-order valence-corrected chi connectivity index (χ4v) is 4.11. The number of hydrogen-bond acceptors (Lipinski definition) is 5. The lowest BCUT2D eigenvalue weighted by molar-refractivity contribution is -0.114. The van der Waals surface area contributed by atoms with E-state index in [0.29, 0.717) is 22.5 Å². The summed E-state index contributed by atoms with van der Waals surface area (Å²) in [5, 5.41) is 5.38. The van der Waals surface area contributed by atoms with Gasteiger partial charge in [-0.2, -0.15) is 0 Å². The number of hydrogen-bond donors (Lipinski definition) is 3. The van der Waals surface area contributed by atoms with E-state index in [1.54, 1.807) is 43.3 Å². The molecule has 160 valence electrons. The van der Waals surface area contributed by atoms with E-state index in [2.05, 4.69) is 20.3 Å². The summed E-state index contributed by atoms with van der Waals surface area (Å²) in [4.78, 5) is 27.4. The van der Waals surface area contributed by atoms with Gasteiger partial charge in [0.15, 0.2) is 0 Å². The SMILES string of the molecule is CC(=O)Nc1cccc([C@@H](C)NS(=O)(=O)c2ccc(NC(=O)c3ccncc3)cc2)c1. The molecule has 0 radical (unpaired) electrons. The molecule has 1 atom stereocenters. The largest absolute Gasteiger partial charge is 0.326 e. The van der Waals surface area contributed by atoms with E-state index in [0.717, 1.165) is 0 Å². The van der Waals surface area contributed by atoms with Crippen LogP contribution in [0, 0.1) is 0 Å². The van der Waals surface area contributed by atoms with Gasteiger partial charge in [-0.1, -0.05) is 12.1 Å². The Bertz CT molecular complexity index is 1180. The van der Waals surface area contributed by atoms with Gasteiger partial charge in [-0.3, -0.25) is 14.6 Å². The van der Waals surface area contributed by atoms with Crippen molar-refractivity contribution in [3.8, 4) is 0 Å². The summed E-state index contributed by atoms with van der Waals surface area (Å²) >= 11 is 0. The highest BCUT2D eigenvalue weighted by molar-refractivity contribution is 7.89. The number of carbonyl (C=O) groups excluding carboxylic acids is 2. The van der Waals surface area contributed by atoms with Crippen molar-refractivity contribution < 1.29 is 18.0 Å². The molecule has 8 nitrogen and oxygen atoms in total. The minimum atomic E-state index is -3.80. The van der Waals surface area contributed by atoms with E-state index in [9.17, 15) is 18.0 Å². The molecule has 31 heavy (non-hydrogen) atoms. The summed E-state index contributed by atoms with van der Waals surface area (Å²) in [5.41, 5.74) is 2.21. The zero-order valence-corrected chi connectivity index (χ0v) is 17.8. The topological polar surface area (TPSA) is 117 Å². The van der Waals surface area contributed by atoms with E-state index < -0.39 is 16.1 Å². The van der Waals surface area contributed by atoms with Crippen molar-refractivity contribution in [2.75, 3.05) is 10.6 Å². The van der Waals surface area contributed by atoms with Crippen molar-refractivity contribution in [2.45, 2.75) is 24.8 Å². The molecule has 0 saturated heterocycles. The van der Waals surface area contributed by atoms with Gasteiger partial charge in [-0.15, -0.1) is 0 Å². The highest BCUT2D eigenvalue weighted by Gasteiger charge is 2.19. The first-order valence-corrected chi connectivity index (χ1v) is 10.9. The summed E-state index contributed by atoms with van der Waals surface area (Å²) in [6.07, 6.45) is 3.03. The summed E-state index contributed by atoms with van der Waals surface area (Å²) in [5.74, 6) is -0.523. The summed E-state index contributed by atoms with van der Waals surface area (Å²) in [7, 11) is -3.80. The van der Waals surface area contributed by atoms with E-state index in [1.807, 2.05) is 0 Å². The fourth-order valence-electron chi connectivity index (χ4n) is 2.88. The van der Waals surface area contributed by atoms with E-state index in [1.165, 1.54) is 43.6 Å². The molecule has 3 rings (SSSR count). The number of pyridine rings is 1. The van der Waals surface area contributed by atoms with Crippen LogP contribution in [0.4, 0.5) is 11.4 Å². The summed E-state index contributed by atoms with van der Waals surface area (Å²) < 4.78 is 28.1. The molecule has 1 heterocycles. The summed E-state index contributed by atoms with van der Waals surface area (Å²) in [6, 6.07) is 15.5. The van der Waals surface area contributed by atoms with Crippen molar-refractivity contribution >= 4 is 33.2 Å². The van der Waals surface area contributed by atoms with Crippen molar-refractivity contribution in [1.29, 1.82) is 0 Å². The predicted octanol–water partition coefficient (Wildman–Crippen LogP) is 3.33. The Morgan fingerprint density at radius 1 is 0.903 bits per heavy atom. The van der Waals surface area contributed by atoms with Crippen LogP contribution in [0.1, 0.15) is 35.8 Å². The van der Waals surface area contributed by atoms with Gasteiger partial charge in [0, 0.05) is 42.3 Å². The lowest BCUT2D eigenvalue weighted by Gasteiger charge is -2.16. The van der Waals surface area contributed by atoms with Gasteiger partial charge < -0.3 is 10.6 Å². The van der Waals surface area contributed by atoms with Crippen LogP contribution < -0.4 is 15.4 Å². The molecule has 9 heteroatoms.